The molecule has 0 aliphatic carbocycles. The molecule has 2 rings (SSSR count). The molecule has 1 aromatic carbocycles. The van der Waals surface area contributed by atoms with Crippen LogP contribution in [-0.2, 0) is 0 Å². The van der Waals surface area contributed by atoms with Crippen molar-refractivity contribution in [2.45, 2.75) is 6.42 Å². The molecule has 1 amide bonds. The van der Waals surface area contributed by atoms with Crippen LogP contribution in [0.5, 0.6) is 11.5 Å². The molecule has 0 N–H and O–H groups in total. The Morgan fingerprint density at radius 3 is 2.64 bits per heavy atom. The molecule has 1 aliphatic rings. The Morgan fingerprint density at radius 2 is 1.96 bits per heavy atom. The third-order valence-corrected chi connectivity index (χ3v) is 4.55. The summed E-state index contributed by atoms with van der Waals surface area (Å²) >= 11 is 12.5. The number of benzene rings is 1. The average molecular weight is 406 g/mol. The van der Waals surface area contributed by atoms with Gasteiger partial charge in [-0.3, -0.25) is 4.79 Å². The van der Waals surface area contributed by atoms with Crippen molar-refractivity contribution in [1.82, 2.24) is 9.91 Å². The number of amides is 1. The standard InChI is InChI=1S/C16H21Cl2N3O3S/c1-20(2)6-3-7-21-16(22)25-9-13(19-21)12-4-5-14(23-10-17)15(8-12)24-11-18/h4-5,8H,3,6-7,9-11H2,1-2H3. The van der Waals surface area contributed by atoms with Gasteiger partial charge in [0.1, 0.15) is 0 Å². The number of carbonyl (C=O) groups excluding carboxylic acids is 1. The van der Waals surface area contributed by atoms with Gasteiger partial charge in [-0.05, 0) is 45.3 Å². The summed E-state index contributed by atoms with van der Waals surface area (Å²) in [5.41, 5.74) is 1.67. The van der Waals surface area contributed by atoms with Gasteiger partial charge in [0.15, 0.2) is 23.6 Å². The van der Waals surface area contributed by atoms with Crippen LogP contribution in [0.15, 0.2) is 23.3 Å². The molecule has 1 heterocycles. The van der Waals surface area contributed by atoms with E-state index >= 15 is 0 Å². The molecule has 0 bridgehead atoms. The van der Waals surface area contributed by atoms with Gasteiger partial charge >= 0.3 is 5.24 Å². The number of ether oxygens (including phenoxy) is 2. The first-order valence-corrected chi connectivity index (χ1v) is 9.79. The molecule has 1 aromatic rings. The molecule has 1 aliphatic heterocycles. The molecule has 0 saturated carbocycles. The normalized spacial score (nSPS) is 14.7. The van der Waals surface area contributed by atoms with Gasteiger partial charge in [0, 0.05) is 17.9 Å². The minimum atomic E-state index is -0.0261. The Labute approximate surface area is 162 Å². The summed E-state index contributed by atoms with van der Waals surface area (Å²) in [5, 5.41) is 6.01. The maximum atomic E-state index is 12.0. The zero-order valence-electron chi connectivity index (χ0n) is 14.2. The van der Waals surface area contributed by atoms with Crippen LogP contribution in [0.1, 0.15) is 12.0 Å². The zero-order valence-corrected chi connectivity index (χ0v) is 16.5. The van der Waals surface area contributed by atoms with Crippen molar-refractivity contribution < 1.29 is 14.3 Å². The summed E-state index contributed by atoms with van der Waals surface area (Å²) in [6.07, 6.45) is 0.860. The summed E-state index contributed by atoms with van der Waals surface area (Å²) < 4.78 is 10.7. The molecule has 9 heteroatoms. The van der Waals surface area contributed by atoms with E-state index in [0.29, 0.717) is 23.8 Å². The highest BCUT2D eigenvalue weighted by atomic mass is 35.5. The number of hydrazone groups is 1. The van der Waals surface area contributed by atoms with Crippen molar-refractivity contribution in [2.75, 3.05) is 45.1 Å². The number of hydrogen-bond donors (Lipinski definition) is 0. The first-order valence-electron chi connectivity index (χ1n) is 7.73. The number of alkyl halides is 2. The topological polar surface area (TPSA) is 54.4 Å². The molecule has 0 atom stereocenters. The predicted octanol–water partition coefficient (Wildman–Crippen LogP) is 3.66. The number of hydrogen-bond acceptors (Lipinski definition) is 6. The molecule has 0 spiro atoms. The maximum Gasteiger partial charge on any atom is 0.302 e. The number of thioether (sulfide) groups is 1. The third-order valence-electron chi connectivity index (χ3n) is 3.46. The van der Waals surface area contributed by atoms with Crippen molar-refractivity contribution in [3.8, 4) is 11.5 Å². The Bertz CT molecular complexity index is 629. The largest absolute Gasteiger partial charge is 0.474 e. The SMILES string of the molecule is CN(C)CCCN1N=C(c2ccc(OCCl)c(OCCl)c2)CSC1=O. The fourth-order valence-corrected chi connectivity index (χ4v) is 3.28. The fraction of sp³-hybridized carbons (Fsp3) is 0.500. The van der Waals surface area contributed by atoms with E-state index in [4.69, 9.17) is 32.7 Å². The van der Waals surface area contributed by atoms with Crippen LogP contribution >= 0.6 is 35.0 Å². The van der Waals surface area contributed by atoms with Crippen molar-refractivity contribution in [3.05, 3.63) is 23.8 Å². The minimum Gasteiger partial charge on any atom is -0.474 e. The summed E-state index contributed by atoms with van der Waals surface area (Å²) in [7, 11) is 4.01. The molecule has 0 radical (unpaired) electrons. The van der Waals surface area contributed by atoms with Crippen LogP contribution in [-0.4, -0.2) is 65.9 Å². The van der Waals surface area contributed by atoms with Crippen LogP contribution in [0.25, 0.3) is 0 Å². The summed E-state index contributed by atoms with van der Waals surface area (Å²) in [5.74, 6) is 1.53. The van der Waals surface area contributed by atoms with Crippen LogP contribution in [0, 0.1) is 0 Å². The number of carbonyl (C=O) groups is 1. The van der Waals surface area contributed by atoms with Gasteiger partial charge < -0.3 is 14.4 Å². The van der Waals surface area contributed by atoms with Gasteiger partial charge in [-0.2, -0.15) is 5.10 Å². The van der Waals surface area contributed by atoms with Crippen LogP contribution in [0.4, 0.5) is 4.79 Å². The molecule has 25 heavy (non-hydrogen) atoms. The molecular weight excluding hydrogens is 385 g/mol. The van der Waals surface area contributed by atoms with E-state index in [9.17, 15) is 4.79 Å². The lowest BCUT2D eigenvalue weighted by atomic mass is 10.1. The number of rotatable bonds is 9. The highest BCUT2D eigenvalue weighted by Crippen LogP contribution is 2.30. The molecular formula is C16H21Cl2N3O3S. The highest BCUT2D eigenvalue weighted by Gasteiger charge is 2.22. The van der Waals surface area contributed by atoms with E-state index in [2.05, 4.69) is 10.0 Å². The second-order valence-corrected chi connectivity index (χ2v) is 6.91. The summed E-state index contributed by atoms with van der Waals surface area (Å²) in [4.78, 5) is 14.1. The molecule has 0 aromatic heterocycles. The average Bonchev–Trinajstić information content (AvgIpc) is 2.58. The molecule has 0 unspecified atom stereocenters. The molecule has 0 saturated heterocycles. The summed E-state index contributed by atoms with van der Waals surface area (Å²) in [6, 6.07) is 5.45. The molecule has 0 fully saturated rings. The lowest BCUT2D eigenvalue weighted by molar-refractivity contribution is 0.221. The van der Waals surface area contributed by atoms with Gasteiger partial charge in [0.2, 0.25) is 0 Å². The van der Waals surface area contributed by atoms with E-state index in [1.165, 1.54) is 16.8 Å². The second-order valence-electron chi connectivity index (χ2n) is 5.55. The first-order chi connectivity index (χ1) is 12.0. The summed E-state index contributed by atoms with van der Waals surface area (Å²) in [6.45, 7) is 1.49. The van der Waals surface area contributed by atoms with Crippen molar-refractivity contribution in [2.24, 2.45) is 5.10 Å². The Morgan fingerprint density at radius 1 is 1.24 bits per heavy atom. The number of halogens is 2. The monoisotopic (exact) mass is 405 g/mol. The first kappa shape index (κ1) is 20.2. The van der Waals surface area contributed by atoms with E-state index in [0.717, 1.165) is 24.2 Å². The Hall–Kier alpha value is -1.15. The lowest BCUT2D eigenvalue weighted by Crippen LogP contribution is -2.32. The number of nitrogens with zero attached hydrogens (tertiary/aromatic N) is 3. The van der Waals surface area contributed by atoms with E-state index < -0.39 is 0 Å². The van der Waals surface area contributed by atoms with Gasteiger partial charge in [-0.1, -0.05) is 35.0 Å². The lowest BCUT2D eigenvalue weighted by Gasteiger charge is -2.24. The van der Waals surface area contributed by atoms with E-state index in [-0.39, 0.29) is 17.4 Å². The Kier molecular flexibility index (Phi) is 8.15. The Balaban J connectivity index is 2.17. The second kappa shape index (κ2) is 10.1. The quantitative estimate of drug-likeness (QED) is 0.586. The fourth-order valence-electron chi connectivity index (χ4n) is 2.28. The van der Waals surface area contributed by atoms with Gasteiger partial charge in [0.05, 0.1) is 5.71 Å². The maximum absolute atomic E-state index is 12.0. The third kappa shape index (κ3) is 5.95. The van der Waals surface area contributed by atoms with Crippen molar-refractivity contribution in [1.29, 1.82) is 0 Å². The molecule has 138 valence electrons. The predicted molar refractivity (Wildman–Crippen MR) is 103 cm³/mol. The van der Waals surface area contributed by atoms with Crippen LogP contribution in [0.3, 0.4) is 0 Å². The van der Waals surface area contributed by atoms with Crippen molar-refractivity contribution in [3.63, 3.8) is 0 Å². The zero-order chi connectivity index (χ0) is 18.2. The minimum absolute atomic E-state index is 0.00152. The van der Waals surface area contributed by atoms with E-state index in [1.54, 1.807) is 12.1 Å². The van der Waals surface area contributed by atoms with Gasteiger partial charge in [0.25, 0.3) is 0 Å². The van der Waals surface area contributed by atoms with Crippen LogP contribution in [0.2, 0.25) is 0 Å². The van der Waals surface area contributed by atoms with Crippen molar-refractivity contribution >= 4 is 45.9 Å². The van der Waals surface area contributed by atoms with Gasteiger partial charge in [-0.25, -0.2) is 5.01 Å². The van der Waals surface area contributed by atoms with E-state index in [1.807, 2.05) is 20.2 Å². The smallest absolute Gasteiger partial charge is 0.302 e. The highest BCUT2D eigenvalue weighted by molar-refractivity contribution is 8.14. The van der Waals surface area contributed by atoms with Crippen LogP contribution < -0.4 is 9.47 Å². The van der Waals surface area contributed by atoms with Gasteiger partial charge in [-0.15, -0.1) is 0 Å². The molecule has 6 nitrogen and oxygen atoms in total.